The molecule has 0 bridgehead atoms. The molecule has 0 radical (unpaired) electrons. The fourth-order valence-corrected chi connectivity index (χ4v) is 2.43. The lowest BCUT2D eigenvalue weighted by atomic mass is 9.95. The summed E-state index contributed by atoms with van der Waals surface area (Å²) in [5, 5.41) is 9.04. The zero-order valence-corrected chi connectivity index (χ0v) is 10.7. The van der Waals surface area contributed by atoms with Crippen LogP contribution in [0.15, 0.2) is 0 Å². The highest BCUT2D eigenvalue weighted by Crippen LogP contribution is 2.27. The minimum Gasteiger partial charge on any atom is -0.339 e. The summed E-state index contributed by atoms with van der Waals surface area (Å²) in [6.45, 7) is 7.41. The summed E-state index contributed by atoms with van der Waals surface area (Å²) in [5.74, 6) is -0.339. The molecule has 2 rings (SSSR count). The molecule has 0 N–H and O–H groups in total. The Labute approximate surface area is 103 Å². The summed E-state index contributed by atoms with van der Waals surface area (Å²) in [7, 11) is 0. The van der Waals surface area contributed by atoms with Crippen molar-refractivity contribution in [2.75, 3.05) is 26.2 Å². The molecule has 0 aromatic heterocycles. The van der Waals surface area contributed by atoms with Gasteiger partial charge in [-0.3, -0.25) is 9.69 Å². The first-order valence-corrected chi connectivity index (χ1v) is 6.56. The third-order valence-corrected chi connectivity index (χ3v) is 3.76. The highest BCUT2D eigenvalue weighted by Gasteiger charge is 2.34. The lowest BCUT2D eigenvalue weighted by Crippen LogP contribution is -2.51. The molecule has 1 aliphatic carbocycles. The number of hydrogen-bond acceptors (Lipinski definition) is 3. The summed E-state index contributed by atoms with van der Waals surface area (Å²) < 4.78 is 0. The van der Waals surface area contributed by atoms with E-state index in [2.05, 4.69) is 11.0 Å². The maximum atomic E-state index is 12.1. The van der Waals surface area contributed by atoms with Crippen molar-refractivity contribution >= 4 is 5.91 Å². The predicted molar refractivity (Wildman–Crippen MR) is 65.1 cm³/mol. The Hall–Kier alpha value is -1.08. The van der Waals surface area contributed by atoms with E-state index in [1.807, 2.05) is 18.7 Å². The molecule has 1 aliphatic heterocycles. The summed E-state index contributed by atoms with van der Waals surface area (Å²) in [6.07, 6.45) is 2.64. The first-order valence-electron chi connectivity index (χ1n) is 6.56. The van der Waals surface area contributed by atoms with Gasteiger partial charge in [-0.25, -0.2) is 0 Å². The molecule has 1 amide bonds. The van der Waals surface area contributed by atoms with Crippen LogP contribution in [-0.2, 0) is 4.79 Å². The fourth-order valence-electron chi connectivity index (χ4n) is 2.43. The third-order valence-electron chi connectivity index (χ3n) is 3.76. The number of piperazine rings is 1. The van der Waals surface area contributed by atoms with Crippen LogP contribution in [0.4, 0.5) is 0 Å². The van der Waals surface area contributed by atoms with Gasteiger partial charge >= 0.3 is 0 Å². The molecular formula is C13H21N3O. The molecule has 1 unspecified atom stereocenters. The van der Waals surface area contributed by atoms with Crippen molar-refractivity contribution in [2.24, 2.45) is 11.8 Å². The van der Waals surface area contributed by atoms with Gasteiger partial charge in [0, 0.05) is 32.2 Å². The van der Waals surface area contributed by atoms with Gasteiger partial charge in [-0.05, 0) is 18.8 Å². The van der Waals surface area contributed by atoms with E-state index in [1.54, 1.807) is 0 Å². The molecule has 4 heteroatoms. The van der Waals surface area contributed by atoms with Crippen LogP contribution in [0.1, 0.15) is 26.7 Å². The first-order chi connectivity index (χ1) is 8.13. The zero-order valence-electron chi connectivity index (χ0n) is 10.7. The Balaban J connectivity index is 1.87. The third kappa shape index (κ3) is 2.78. The van der Waals surface area contributed by atoms with Gasteiger partial charge < -0.3 is 4.90 Å². The second kappa shape index (κ2) is 5.05. The van der Waals surface area contributed by atoms with Crippen LogP contribution >= 0.6 is 0 Å². The zero-order chi connectivity index (χ0) is 12.4. The highest BCUT2D eigenvalue weighted by atomic mass is 16.2. The molecular weight excluding hydrogens is 214 g/mol. The van der Waals surface area contributed by atoms with E-state index in [1.165, 1.54) is 12.8 Å². The van der Waals surface area contributed by atoms with Crippen LogP contribution in [0.2, 0.25) is 0 Å². The van der Waals surface area contributed by atoms with Crippen molar-refractivity contribution in [1.82, 2.24) is 9.80 Å². The fraction of sp³-hybridized carbons (Fsp3) is 0.846. The highest BCUT2D eigenvalue weighted by molar-refractivity contribution is 5.81. The number of hydrogen-bond donors (Lipinski definition) is 0. The largest absolute Gasteiger partial charge is 0.339 e. The minimum atomic E-state index is -0.470. The molecule has 94 valence electrons. The molecule has 17 heavy (non-hydrogen) atoms. The average molecular weight is 235 g/mol. The van der Waals surface area contributed by atoms with Crippen molar-refractivity contribution in [3.8, 4) is 6.07 Å². The predicted octanol–water partition coefficient (Wildman–Crippen LogP) is 1.09. The van der Waals surface area contributed by atoms with Gasteiger partial charge in [-0.15, -0.1) is 0 Å². The Bertz CT molecular complexity index is 322. The average Bonchev–Trinajstić information content (AvgIpc) is 3.13. The van der Waals surface area contributed by atoms with Gasteiger partial charge in [0.05, 0.1) is 6.07 Å². The van der Waals surface area contributed by atoms with E-state index < -0.39 is 5.92 Å². The molecule has 0 aromatic carbocycles. The summed E-state index contributed by atoms with van der Waals surface area (Å²) in [5.41, 5.74) is 0. The molecule has 2 fully saturated rings. The normalized spacial score (nSPS) is 23.5. The number of carbonyl (C=O) groups is 1. The van der Waals surface area contributed by atoms with Gasteiger partial charge in [0.1, 0.15) is 5.92 Å². The second-order valence-electron chi connectivity index (χ2n) is 5.44. The van der Waals surface area contributed by atoms with Crippen LogP contribution < -0.4 is 0 Å². The Kier molecular flexibility index (Phi) is 3.68. The molecule has 1 saturated carbocycles. The SMILES string of the molecule is CC(C)C(C#N)C(=O)N1CCN(C2CC2)CC1. The van der Waals surface area contributed by atoms with Gasteiger partial charge in [0.2, 0.25) is 5.91 Å². The maximum absolute atomic E-state index is 12.1. The smallest absolute Gasteiger partial charge is 0.240 e. The summed E-state index contributed by atoms with van der Waals surface area (Å²) in [4.78, 5) is 16.5. The van der Waals surface area contributed by atoms with E-state index in [0.717, 1.165) is 32.2 Å². The van der Waals surface area contributed by atoms with Crippen molar-refractivity contribution in [3.05, 3.63) is 0 Å². The van der Waals surface area contributed by atoms with Gasteiger partial charge in [-0.2, -0.15) is 5.26 Å². The van der Waals surface area contributed by atoms with Gasteiger partial charge in [0.25, 0.3) is 0 Å². The van der Waals surface area contributed by atoms with Crippen LogP contribution in [0, 0.1) is 23.2 Å². The molecule has 1 atom stereocenters. The molecule has 4 nitrogen and oxygen atoms in total. The topological polar surface area (TPSA) is 47.3 Å². The Morgan fingerprint density at radius 1 is 1.24 bits per heavy atom. The first kappa shape index (κ1) is 12.4. The van der Waals surface area contributed by atoms with Gasteiger partial charge in [0.15, 0.2) is 0 Å². The number of nitriles is 1. The minimum absolute atomic E-state index is 0.0259. The Morgan fingerprint density at radius 2 is 1.82 bits per heavy atom. The number of nitrogens with zero attached hydrogens (tertiary/aromatic N) is 3. The van der Waals surface area contributed by atoms with Crippen LogP contribution in [0.5, 0.6) is 0 Å². The lowest BCUT2D eigenvalue weighted by Gasteiger charge is -2.36. The van der Waals surface area contributed by atoms with Crippen LogP contribution in [0.25, 0.3) is 0 Å². The van der Waals surface area contributed by atoms with Gasteiger partial charge in [-0.1, -0.05) is 13.8 Å². The summed E-state index contributed by atoms with van der Waals surface area (Å²) >= 11 is 0. The second-order valence-corrected chi connectivity index (χ2v) is 5.44. The molecule has 1 saturated heterocycles. The molecule has 1 heterocycles. The quantitative estimate of drug-likeness (QED) is 0.735. The van der Waals surface area contributed by atoms with Crippen molar-refractivity contribution in [3.63, 3.8) is 0 Å². The van der Waals surface area contributed by atoms with Crippen LogP contribution in [-0.4, -0.2) is 47.9 Å². The summed E-state index contributed by atoms with van der Waals surface area (Å²) in [6, 6.07) is 2.92. The van der Waals surface area contributed by atoms with Crippen molar-refractivity contribution < 1.29 is 4.79 Å². The number of carbonyl (C=O) groups excluding carboxylic acids is 1. The lowest BCUT2D eigenvalue weighted by molar-refractivity contribution is -0.136. The van der Waals surface area contributed by atoms with E-state index in [4.69, 9.17) is 5.26 Å². The molecule has 0 spiro atoms. The molecule has 0 aromatic rings. The van der Waals surface area contributed by atoms with E-state index in [-0.39, 0.29) is 11.8 Å². The van der Waals surface area contributed by atoms with Crippen molar-refractivity contribution in [2.45, 2.75) is 32.7 Å². The van der Waals surface area contributed by atoms with E-state index in [9.17, 15) is 4.79 Å². The number of amides is 1. The monoisotopic (exact) mass is 235 g/mol. The van der Waals surface area contributed by atoms with E-state index in [0.29, 0.717) is 0 Å². The van der Waals surface area contributed by atoms with Crippen molar-refractivity contribution in [1.29, 1.82) is 5.26 Å². The Morgan fingerprint density at radius 3 is 2.24 bits per heavy atom. The molecule has 2 aliphatic rings. The van der Waals surface area contributed by atoms with E-state index >= 15 is 0 Å². The standard InChI is InChI=1S/C13H21N3O/c1-10(2)12(9-14)13(17)16-7-5-15(6-8-16)11-3-4-11/h10-12H,3-8H2,1-2H3. The van der Waals surface area contributed by atoms with Crippen LogP contribution in [0.3, 0.4) is 0 Å². The maximum Gasteiger partial charge on any atom is 0.240 e. The number of rotatable bonds is 3.